The SMILES string of the molecule is CCC(CC)[C@@H](C(=O)OCc1ccc(OC)cc1)N1C[C@H](c2cccc(F)c2)[C@@H](C=O)C1. The summed E-state index contributed by atoms with van der Waals surface area (Å²) in [5.41, 5.74) is 1.67. The van der Waals surface area contributed by atoms with Gasteiger partial charge in [0.2, 0.25) is 0 Å². The Morgan fingerprint density at radius 2 is 1.88 bits per heavy atom. The van der Waals surface area contributed by atoms with E-state index in [1.54, 1.807) is 13.2 Å². The molecule has 6 heteroatoms. The molecule has 2 aromatic carbocycles. The van der Waals surface area contributed by atoms with Crippen molar-refractivity contribution in [2.75, 3.05) is 20.2 Å². The minimum atomic E-state index is -0.441. The van der Waals surface area contributed by atoms with Gasteiger partial charge in [-0.15, -0.1) is 0 Å². The minimum Gasteiger partial charge on any atom is -0.497 e. The fourth-order valence-corrected chi connectivity index (χ4v) is 4.65. The lowest BCUT2D eigenvalue weighted by Gasteiger charge is -2.32. The van der Waals surface area contributed by atoms with Gasteiger partial charge in [0.1, 0.15) is 30.5 Å². The minimum absolute atomic E-state index is 0.108. The Hall–Kier alpha value is -2.73. The van der Waals surface area contributed by atoms with Crippen molar-refractivity contribution >= 4 is 12.3 Å². The van der Waals surface area contributed by atoms with Crippen molar-refractivity contribution < 1.29 is 23.5 Å². The molecule has 5 nitrogen and oxygen atoms in total. The smallest absolute Gasteiger partial charge is 0.323 e. The molecular formula is C26H32FNO4. The summed E-state index contributed by atoms with van der Waals surface area (Å²) in [4.78, 5) is 27.1. The second-order valence-corrected chi connectivity index (χ2v) is 8.39. The van der Waals surface area contributed by atoms with E-state index < -0.39 is 6.04 Å². The molecule has 0 aliphatic carbocycles. The first-order valence-corrected chi connectivity index (χ1v) is 11.2. The van der Waals surface area contributed by atoms with Gasteiger partial charge in [0.15, 0.2) is 0 Å². The number of hydrogen-bond acceptors (Lipinski definition) is 5. The summed E-state index contributed by atoms with van der Waals surface area (Å²) in [5, 5.41) is 0. The number of esters is 1. The predicted molar refractivity (Wildman–Crippen MR) is 121 cm³/mol. The molecule has 0 saturated carbocycles. The third-order valence-corrected chi connectivity index (χ3v) is 6.52. The number of carbonyl (C=O) groups is 2. The maximum atomic E-state index is 13.8. The molecule has 1 aliphatic rings. The molecule has 1 fully saturated rings. The maximum absolute atomic E-state index is 13.8. The third-order valence-electron chi connectivity index (χ3n) is 6.52. The van der Waals surface area contributed by atoms with Gasteiger partial charge in [-0.25, -0.2) is 4.39 Å². The zero-order chi connectivity index (χ0) is 23.1. The predicted octanol–water partition coefficient (Wildman–Crippen LogP) is 4.60. The van der Waals surface area contributed by atoms with Gasteiger partial charge in [0, 0.05) is 24.9 Å². The summed E-state index contributed by atoms with van der Waals surface area (Å²) in [5.74, 6) is -0.176. The van der Waals surface area contributed by atoms with Gasteiger partial charge in [0.25, 0.3) is 0 Å². The highest BCUT2D eigenvalue weighted by Crippen LogP contribution is 2.35. The van der Waals surface area contributed by atoms with Crippen LogP contribution in [0.3, 0.4) is 0 Å². The molecule has 3 rings (SSSR count). The Bertz CT molecular complexity index is 897. The van der Waals surface area contributed by atoms with Gasteiger partial charge in [-0.05, 0) is 41.3 Å². The normalized spacial score (nSPS) is 19.7. The van der Waals surface area contributed by atoms with Crippen LogP contribution in [-0.2, 0) is 20.9 Å². The van der Waals surface area contributed by atoms with E-state index in [1.807, 2.05) is 30.3 Å². The van der Waals surface area contributed by atoms with Gasteiger partial charge in [-0.2, -0.15) is 0 Å². The largest absolute Gasteiger partial charge is 0.497 e. The fourth-order valence-electron chi connectivity index (χ4n) is 4.65. The number of nitrogens with zero attached hydrogens (tertiary/aromatic N) is 1. The summed E-state index contributed by atoms with van der Waals surface area (Å²) in [6, 6.07) is 13.4. The van der Waals surface area contributed by atoms with Crippen LogP contribution in [0.4, 0.5) is 4.39 Å². The monoisotopic (exact) mass is 441 g/mol. The van der Waals surface area contributed by atoms with E-state index in [9.17, 15) is 14.0 Å². The molecular weight excluding hydrogens is 409 g/mol. The van der Waals surface area contributed by atoms with Gasteiger partial charge < -0.3 is 14.3 Å². The van der Waals surface area contributed by atoms with Crippen LogP contribution in [0.1, 0.15) is 43.7 Å². The molecule has 0 bridgehead atoms. The molecule has 2 aromatic rings. The third kappa shape index (κ3) is 5.54. The molecule has 0 spiro atoms. The Morgan fingerprint density at radius 3 is 2.47 bits per heavy atom. The number of benzene rings is 2. The summed E-state index contributed by atoms with van der Waals surface area (Å²) in [6.45, 7) is 5.29. The second kappa shape index (κ2) is 11.2. The van der Waals surface area contributed by atoms with E-state index in [0.29, 0.717) is 13.1 Å². The number of rotatable bonds is 10. The van der Waals surface area contributed by atoms with Crippen LogP contribution in [0, 0.1) is 17.7 Å². The highest BCUT2D eigenvalue weighted by Gasteiger charge is 2.42. The summed E-state index contributed by atoms with van der Waals surface area (Å²) < 4.78 is 24.7. The molecule has 0 radical (unpaired) electrons. The van der Waals surface area contributed by atoms with E-state index in [-0.39, 0.29) is 36.1 Å². The van der Waals surface area contributed by atoms with Crippen LogP contribution in [0.15, 0.2) is 48.5 Å². The van der Waals surface area contributed by atoms with E-state index in [4.69, 9.17) is 9.47 Å². The standard InChI is InChI=1S/C26H32FNO4/c1-4-19(5-2)25(26(30)32-17-18-9-11-23(31-3)12-10-18)28-14-21(16-29)24(15-28)20-7-6-8-22(27)13-20/h6-13,16,19,21,24-25H,4-5,14-15,17H2,1-3H3/t21-,24-,25+/m1/s1. The molecule has 32 heavy (non-hydrogen) atoms. The Kier molecular flexibility index (Phi) is 8.39. The molecule has 1 heterocycles. The molecule has 1 saturated heterocycles. The highest BCUT2D eigenvalue weighted by atomic mass is 19.1. The van der Waals surface area contributed by atoms with Gasteiger partial charge in [-0.1, -0.05) is 51.0 Å². The van der Waals surface area contributed by atoms with Crippen LogP contribution in [0.25, 0.3) is 0 Å². The van der Waals surface area contributed by atoms with E-state index >= 15 is 0 Å². The Labute approximate surface area is 189 Å². The van der Waals surface area contributed by atoms with Crippen LogP contribution in [-0.4, -0.2) is 43.4 Å². The zero-order valence-corrected chi connectivity index (χ0v) is 19.0. The second-order valence-electron chi connectivity index (χ2n) is 8.39. The fraction of sp³-hybridized carbons (Fsp3) is 0.462. The summed E-state index contributed by atoms with van der Waals surface area (Å²) in [6.07, 6.45) is 2.58. The average molecular weight is 442 g/mol. The lowest BCUT2D eigenvalue weighted by atomic mass is 9.90. The van der Waals surface area contributed by atoms with E-state index in [2.05, 4.69) is 18.7 Å². The molecule has 1 aliphatic heterocycles. The molecule has 0 aromatic heterocycles. The first kappa shape index (κ1) is 23.9. The topological polar surface area (TPSA) is 55.8 Å². The lowest BCUT2D eigenvalue weighted by Crippen LogP contribution is -2.46. The average Bonchev–Trinajstić information content (AvgIpc) is 3.25. The van der Waals surface area contributed by atoms with Crippen molar-refractivity contribution in [3.63, 3.8) is 0 Å². The molecule has 172 valence electrons. The van der Waals surface area contributed by atoms with Crippen molar-refractivity contribution in [2.45, 2.75) is 45.3 Å². The highest BCUT2D eigenvalue weighted by molar-refractivity contribution is 5.76. The Morgan fingerprint density at radius 1 is 1.16 bits per heavy atom. The van der Waals surface area contributed by atoms with Crippen LogP contribution in [0.5, 0.6) is 5.75 Å². The summed E-state index contributed by atoms with van der Waals surface area (Å²) in [7, 11) is 1.61. The van der Waals surface area contributed by atoms with Gasteiger partial charge in [-0.3, -0.25) is 9.69 Å². The number of ether oxygens (including phenoxy) is 2. The van der Waals surface area contributed by atoms with Crippen molar-refractivity contribution in [3.05, 3.63) is 65.5 Å². The van der Waals surface area contributed by atoms with Crippen molar-refractivity contribution in [1.29, 1.82) is 0 Å². The summed E-state index contributed by atoms with van der Waals surface area (Å²) >= 11 is 0. The number of methoxy groups -OCH3 is 1. The first-order chi connectivity index (χ1) is 15.5. The van der Waals surface area contributed by atoms with Crippen LogP contribution >= 0.6 is 0 Å². The first-order valence-electron chi connectivity index (χ1n) is 11.2. The van der Waals surface area contributed by atoms with Crippen molar-refractivity contribution in [1.82, 2.24) is 4.90 Å². The zero-order valence-electron chi connectivity index (χ0n) is 19.0. The lowest BCUT2D eigenvalue weighted by molar-refractivity contribution is -0.153. The number of carbonyl (C=O) groups excluding carboxylic acids is 2. The number of hydrogen-bond donors (Lipinski definition) is 0. The molecule has 0 N–H and O–H groups in total. The Balaban J connectivity index is 1.76. The van der Waals surface area contributed by atoms with Gasteiger partial charge in [0.05, 0.1) is 7.11 Å². The van der Waals surface area contributed by atoms with E-state index in [1.165, 1.54) is 12.1 Å². The van der Waals surface area contributed by atoms with Gasteiger partial charge >= 0.3 is 5.97 Å². The molecule has 0 unspecified atom stereocenters. The maximum Gasteiger partial charge on any atom is 0.323 e. The van der Waals surface area contributed by atoms with Crippen molar-refractivity contribution in [3.8, 4) is 5.75 Å². The van der Waals surface area contributed by atoms with Crippen molar-refractivity contribution in [2.24, 2.45) is 11.8 Å². The number of likely N-dealkylation sites (tertiary alicyclic amines) is 1. The van der Waals surface area contributed by atoms with Crippen LogP contribution in [0.2, 0.25) is 0 Å². The van der Waals surface area contributed by atoms with E-state index in [0.717, 1.165) is 36.0 Å². The number of halogens is 1. The molecule has 3 atom stereocenters. The molecule has 0 amide bonds. The quantitative estimate of drug-likeness (QED) is 0.399. The number of aldehydes is 1. The van der Waals surface area contributed by atoms with Crippen LogP contribution < -0.4 is 4.74 Å².